The number of carbonyl (C=O) groups excluding carboxylic acids is 2. The van der Waals surface area contributed by atoms with Crippen LogP contribution in [0.1, 0.15) is 70.6 Å². The topological polar surface area (TPSA) is 49.4 Å². The van der Waals surface area contributed by atoms with Gasteiger partial charge in [-0.15, -0.1) is 0 Å². The lowest BCUT2D eigenvalue weighted by molar-refractivity contribution is -0.150. The second-order valence-electron chi connectivity index (χ2n) is 7.99. The van der Waals surface area contributed by atoms with Crippen LogP contribution in [0.5, 0.6) is 0 Å². The summed E-state index contributed by atoms with van der Waals surface area (Å²) in [6.07, 6.45) is 13.4. The summed E-state index contributed by atoms with van der Waals surface area (Å²) in [7, 11) is 0. The molecule has 2 aliphatic carbocycles. The fourth-order valence-corrected chi connectivity index (χ4v) is 5.03. The average Bonchev–Trinajstić information content (AvgIpc) is 2.62. The summed E-state index contributed by atoms with van der Waals surface area (Å²) in [5.74, 6) is 1.71. The van der Waals surface area contributed by atoms with E-state index in [-0.39, 0.29) is 17.9 Å². The van der Waals surface area contributed by atoms with Gasteiger partial charge in [0.25, 0.3) is 0 Å². The van der Waals surface area contributed by atoms with Crippen molar-refractivity contribution < 1.29 is 9.59 Å². The Morgan fingerprint density at radius 1 is 0.917 bits per heavy atom. The number of nitrogens with zero attached hydrogens (tertiary/aromatic N) is 1. The lowest BCUT2D eigenvalue weighted by atomic mass is 9.83. The van der Waals surface area contributed by atoms with E-state index in [4.69, 9.17) is 0 Å². The van der Waals surface area contributed by atoms with Gasteiger partial charge in [-0.3, -0.25) is 9.59 Å². The number of nitrogens with one attached hydrogen (secondary N) is 1. The molecule has 3 rings (SSSR count). The van der Waals surface area contributed by atoms with E-state index in [9.17, 15) is 9.59 Å². The third kappa shape index (κ3) is 4.27. The van der Waals surface area contributed by atoms with Crippen molar-refractivity contribution >= 4 is 24.4 Å². The van der Waals surface area contributed by atoms with Crippen molar-refractivity contribution in [3.63, 3.8) is 0 Å². The lowest BCUT2D eigenvalue weighted by Crippen LogP contribution is -2.65. The quantitative estimate of drug-likeness (QED) is 0.747. The number of amides is 2. The first-order valence-corrected chi connectivity index (χ1v) is 10.5. The van der Waals surface area contributed by atoms with Crippen LogP contribution >= 0.6 is 12.6 Å². The van der Waals surface area contributed by atoms with Gasteiger partial charge in [-0.25, -0.2) is 0 Å². The summed E-state index contributed by atoms with van der Waals surface area (Å²) in [5, 5.41) is 2.92. The predicted molar refractivity (Wildman–Crippen MR) is 99.1 cm³/mol. The standard InChI is InChI=1S/C19H32N2O2S/c22-18-17(11-14-7-3-1-4-8-14)21(19(23)16(13-24)20-18)12-15-9-5-2-6-10-15/h14-17,24H,1-13H2,(H,20,22)/t16-,17-/m0/s1. The second-order valence-corrected chi connectivity index (χ2v) is 8.36. The second kappa shape index (κ2) is 8.59. The first kappa shape index (κ1) is 18.1. The molecule has 4 nitrogen and oxygen atoms in total. The highest BCUT2D eigenvalue weighted by atomic mass is 32.1. The third-order valence-corrected chi connectivity index (χ3v) is 6.59. The van der Waals surface area contributed by atoms with E-state index >= 15 is 0 Å². The van der Waals surface area contributed by atoms with E-state index in [0.29, 0.717) is 17.6 Å². The predicted octanol–water partition coefficient (Wildman–Crippen LogP) is 3.16. The Morgan fingerprint density at radius 3 is 2.08 bits per heavy atom. The van der Waals surface area contributed by atoms with E-state index in [1.54, 1.807) is 0 Å². The SMILES string of the molecule is O=C1N[C@@H](CS)C(=O)N(CC2CCCCC2)[C@H]1CC1CCCCC1. The Bertz CT molecular complexity index is 445. The van der Waals surface area contributed by atoms with Crippen molar-refractivity contribution in [3.05, 3.63) is 0 Å². The van der Waals surface area contributed by atoms with Crippen molar-refractivity contribution in [2.24, 2.45) is 11.8 Å². The molecule has 0 bridgehead atoms. The molecule has 0 spiro atoms. The number of hydrogen-bond acceptors (Lipinski definition) is 3. The molecule has 0 aromatic rings. The zero-order valence-electron chi connectivity index (χ0n) is 14.7. The number of rotatable bonds is 5. The van der Waals surface area contributed by atoms with Crippen LogP contribution in [-0.4, -0.2) is 41.1 Å². The van der Waals surface area contributed by atoms with Crippen LogP contribution in [0.2, 0.25) is 0 Å². The van der Waals surface area contributed by atoms with Crippen molar-refractivity contribution in [2.75, 3.05) is 12.3 Å². The van der Waals surface area contributed by atoms with Gasteiger partial charge in [0, 0.05) is 12.3 Å². The maximum Gasteiger partial charge on any atom is 0.246 e. The molecular formula is C19H32N2O2S. The van der Waals surface area contributed by atoms with Crippen molar-refractivity contribution in [3.8, 4) is 0 Å². The lowest BCUT2D eigenvalue weighted by Gasteiger charge is -2.42. The minimum Gasteiger partial charge on any atom is -0.342 e. The summed E-state index contributed by atoms with van der Waals surface area (Å²) < 4.78 is 0. The average molecular weight is 353 g/mol. The Balaban J connectivity index is 1.70. The molecule has 1 saturated heterocycles. The molecule has 2 saturated carbocycles. The van der Waals surface area contributed by atoms with Gasteiger partial charge < -0.3 is 10.2 Å². The van der Waals surface area contributed by atoms with Crippen LogP contribution in [0, 0.1) is 11.8 Å². The number of piperazine rings is 1. The molecule has 1 heterocycles. The molecule has 24 heavy (non-hydrogen) atoms. The Hall–Kier alpha value is -0.710. The third-order valence-electron chi connectivity index (χ3n) is 6.22. The normalized spacial score (nSPS) is 30.5. The minimum absolute atomic E-state index is 0.0510. The molecule has 3 aliphatic rings. The molecule has 0 aromatic carbocycles. The van der Waals surface area contributed by atoms with Crippen LogP contribution < -0.4 is 5.32 Å². The molecule has 5 heteroatoms. The van der Waals surface area contributed by atoms with E-state index < -0.39 is 6.04 Å². The Labute approximate surface area is 151 Å². The van der Waals surface area contributed by atoms with Gasteiger partial charge in [-0.1, -0.05) is 51.4 Å². The zero-order valence-corrected chi connectivity index (χ0v) is 15.6. The van der Waals surface area contributed by atoms with Gasteiger partial charge in [0.2, 0.25) is 11.8 Å². The molecule has 0 aromatic heterocycles. The highest BCUT2D eigenvalue weighted by molar-refractivity contribution is 7.80. The molecule has 0 unspecified atom stereocenters. The van der Waals surface area contributed by atoms with Crippen LogP contribution in [0.3, 0.4) is 0 Å². The van der Waals surface area contributed by atoms with Crippen molar-refractivity contribution in [1.82, 2.24) is 10.2 Å². The molecule has 0 radical (unpaired) electrons. The van der Waals surface area contributed by atoms with Crippen LogP contribution in [-0.2, 0) is 9.59 Å². The van der Waals surface area contributed by atoms with Crippen LogP contribution in [0.4, 0.5) is 0 Å². The molecule has 2 atom stereocenters. The molecule has 1 N–H and O–H groups in total. The minimum atomic E-state index is -0.438. The number of carbonyl (C=O) groups is 2. The highest BCUT2D eigenvalue weighted by Gasteiger charge is 2.41. The number of thiol groups is 1. The van der Waals surface area contributed by atoms with Gasteiger partial charge in [0.05, 0.1) is 0 Å². The molecule has 1 aliphatic heterocycles. The van der Waals surface area contributed by atoms with Gasteiger partial charge >= 0.3 is 0 Å². The highest BCUT2D eigenvalue weighted by Crippen LogP contribution is 2.32. The van der Waals surface area contributed by atoms with Gasteiger partial charge in [-0.2, -0.15) is 12.6 Å². The fourth-order valence-electron chi connectivity index (χ4n) is 4.79. The zero-order chi connectivity index (χ0) is 16.9. The summed E-state index contributed by atoms with van der Waals surface area (Å²) in [6, 6.07) is -0.689. The van der Waals surface area contributed by atoms with E-state index in [1.165, 1.54) is 64.2 Å². The first-order valence-electron chi connectivity index (χ1n) is 9.90. The van der Waals surface area contributed by atoms with E-state index in [1.807, 2.05) is 4.90 Å². The van der Waals surface area contributed by atoms with Crippen molar-refractivity contribution in [2.45, 2.75) is 82.7 Å². The Kier molecular flexibility index (Phi) is 6.48. The number of hydrogen-bond donors (Lipinski definition) is 2. The summed E-state index contributed by atoms with van der Waals surface area (Å²) in [6.45, 7) is 0.772. The van der Waals surface area contributed by atoms with Gasteiger partial charge in [0.1, 0.15) is 12.1 Å². The van der Waals surface area contributed by atoms with Gasteiger partial charge in [-0.05, 0) is 31.1 Å². The van der Waals surface area contributed by atoms with E-state index in [0.717, 1.165) is 13.0 Å². The molecule has 136 valence electrons. The maximum atomic E-state index is 12.9. The molecule has 2 amide bonds. The van der Waals surface area contributed by atoms with E-state index in [2.05, 4.69) is 17.9 Å². The van der Waals surface area contributed by atoms with Crippen LogP contribution in [0.15, 0.2) is 0 Å². The largest absolute Gasteiger partial charge is 0.342 e. The molecule has 3 fully saturated rings. The fraction of sp³-hybridized carbons (Fsp3) is 0.895. The molecular weight excluding hydrogens is 320 g/mol. The smallest absolute Gasteiger partial charge is 0.246 e. The van der Waals surface area contributed by atoms with Crippen LogP contribution in [0.25, 0.3) is 0 Å². The Morgan fingerprint density at radius 2 is 1.50 bits per heavy atom. The summed E-state index contributed by atoms with van der Waals surface area (Å²) >= 11 is 4.27. The van der Waals surface area contributed by atoms with Crippen molar-refractivity contribution in [1.29, 1.82) is 0 Å². The summed E-state index contributed by atoms with van der Waals surface area (Å²) in [5.41, 5.74) is 0. The monoisotopic (exact) mass is 352 g/mol. The maximum absolute atomic E-state index is 12.9. The first-order chi connectivity index (χ1) is 11.7. The summed E-state index contributed by atoms with van der Waals surface area (Å²) in [4.78, 5) is 27.5. The van der Waals surface area contributed by atoms with Gasteiger partial charge in [0.15, 0.2) is 0 Å².